The Morgan fingerprint density at radius 3 is 2.28 bits per heavy atom. The number of rotatable bonds is 7. The second-order valence-electron chi connectivity index (χ2n) is 6.58. The van der Waals surface area contributed by atoms with Gasteiger partial charge < -0.3 is 10.1 Å². The van der Waals surface area contributed by atoms with Gasteiger partial charge in [0.2, 0.25) is 5.91 Å². The maximum absolute atomic E-state index is 13.7. The summed E-state index contributed by atoms with van der Waals surface area (Å²) in [5.74, 6) is 0.256. The van der Waals surface area contributed by atoms with Crippen molar-refractivity contribution in [2.45, 2.75) is 45.6 Å². The number of methoxy groups -OCH3 is 1. The summed E-state index contributed by atoms with van der Waals surface area (Å²) in [6.07, 6.45) is 0.811. The number of ether oxygens (including phenoxy) is 1. The van der Waals surface area contributed by atoms with E-state index in [1.165, 1.54) is 18.7 Å². The highest BCUT2D eigenvalue weighted by atomic mass is 19.1. The molecule has 0 aromatic heterocycles. The molecule has 0 saturated heterocycles. The number of hydrogen-bond donors (Lipinski definition) is 1. The van der Waals surface area contributed by atoms with E-state index in [4.69, 9.17) is 4.74 Å². The molecule has 4 heteroatoms. The van der Waals surface area contributed by atoms with E-state index in [1.807, 2.05) is 6.92 Å². The maximum atomic E-state index is 13.7. The molecule has 0 aliphatic rings. The van der Waals surface area contributed by atoms with Crippen molar-refractivity contribution in [3.8, 4) is 5.75 Å². The Morgan fingerprint density at radius 1 is 1.08 bits per heavy atom. The molecule has 0 radical (unpaired) electrons. The zero-order chi connectivity index (χ0) is 18.4. The zero-order valence-corrected chi connectivity index (χ0v) is 15.3. The molecule has 1 atom stereocenters. The normalized spacial score (nSPS) is 12.1. The molecular weight excluding hydrogens is 317 g/mol. The second kappa shape index (κ2) is 8.65. The Bertz CT molecular complexity index is 710. The van der Waals surface area contributed by atoms with Crippen LogP contribution in [-0.4, -0.2) is 13.0 Å². The van der Waals surface area contributed by atoms with E-state index in [9.17, 15) is 9.18 Å². The predicted octanol–water partition coefficient (Wildman–Crippen LogP) is 4.77. The first-order chi connectivity index (χ1) is 11.9. The van der Waals surface area contributed by atoms with Crippen molar-refractivity contribution in [2.75, 3.05) is 7.11 Å². The van der Waals surface area contributed by atoms with E-state index in [-0.39, 0.29) is 17.7 Å². The topological polar surface area (TPSA) is 38.3 Å². The van der Waals surface area contributed by atoms with Gasteiger partial charge in [-0.1, -0.05) is 44.2 Å². The molecule has 25 heavy (non-hydrogen) atoms. The standard InChI is InChI=1S/C21H26FNO2/c1-14(2)17-7-9-18(10-8-17)15(3)23-21(24)12-6-16-5-11-20(25-4)19(22)13-16/h5,7-11,13-15H,6,12H2,1-4H3,(H,23,24). The first-order valence-corrected chi connectivity index (χ1v) is 8.62. The highest BCUT2D eigenvalue weighted by Gasteiger charge is 2.11. The summed E-state index contributed by atoms with van der Waals surface area (Å²) in [6, 6.07) is 13.0. The number of aryl methyl sites for hydroxylation is 1. The summed E-state index contributed by atoms with van der Waals surface area (Å²) in [7, 11) is 1.43. The average molecular weight is 343 g/mol. The molecule has 1 unspecified atom stereocenters. The fraction of sp³-hybridized carbons (Fsp3) is 0.381. The summed E-state index contributed by atoms with van der Waals surface area (Å²) in [5.41, 5.74) is 3.14. The van der Waals surface area contributed by atoms with Crippen molar-refractivity contribution < 1.29 is 13.9 Å². The van der Waals surface area contributed by atoms with Crippen LogP contribution in [0.2, 0.25) is 0 Å². The summed E-state index contributed by atoms with van der Waals surface area (Å²) >= 11 is 0. The van der Waals surface area contributed by atoms with E-state index in [2.05, 4.69) is 43.4 Å². The number of nitrogens with one attached hydrogen (secondary N) is 1. The highest BCUT2D eigenvalue weighted by molar-refractivity contribution is 5.76. The minimum atomic E-state index is -0.404. The monoisotopic (exact) mass is 343 g/mol. The molecule has 0 bridgehead atoms. The first-order valence-electron chi connectivity index (χ1n) is 8.62. The molecule has 0 spiro atoms. The molecule has 2 rings (SSSR count). The van der Waals surface area contributed by atoms with Crippen LogP contribution in [0.5, 0.6) is 5.75 Å². The van der Waals surface area contributed by atoms with Crippen LogP contribution in [0.25, 0.3) is 0 Å². The van der Waals surface area contributed by atoms with Crippen LogP contribution in [-0.2, 0) is 11.2 Å². The minimum absolute atomic E-state index is 0.0448. The van der Waals surface area contributed by atoms with Gasteiger partial charge in [-0.25, -0.2) is 4.39 Å². The van der Waals surface area contributed by atoms with Gasteiger partial charge in [0.15, 0.2) is 11.6 Å². The molecule has 0 saturated carbocycles. The van der Waals surface area contributed by atoms with E-state index in [0.29, 0.717) is 18.8 Å². The summed E-state index contributed by atoms with van der Waals surface area (Å²) < 4.78 is 18.6. The molecule has 134 valence electrons. The van der Waals surface area contributed by atoms with Gasteiger partial charge in [-0.3, -0.25) is 4.79 Å². The van der Waals surface area contributed by atoms with Crippen LogP contribution in [0.15, 0.2) is 42.5 Å². The fourth-order valence-electron chi connectivity index (χ4n) is 2.69. The van der Waals surface area contributed by atoms with Gasteiger partial charge in [0.1, 0.15) is 0 Å². The van der Waals surface area contributed by atoms with Crippen molar-refractivity contribution >= 4 is 5.91 Å². The van der Waals surface area contributed by atoms with Crippen molar-refractivity contribution in [1.82, 2.24) is 5.32 Å². The van der Waals surface area contributed by atoms with Crippen LogP contribution in [0.1, 0.15) is 55.8 Å². The van der Waals surface area contributed by atoms with Crippen LogP contribution in [0.3, 0.4) is 0 Å². The second-order valence-corrected chi connectivity index (χ2v) is 6.58. The van der Waals surface area contributed by atoms with E-state index in [0.717, 1.165) is 11.1 Å². The fourth-order valence-corrected chi connectivity index (χ4v) is 2.69. The average Bonchev–Trinajstić information content (AvgIpc) is 2.60. The van der Waals surface area contributed by atoms with Crippen molar-refractivity contribution in [3.63, 3.8) is 0 Å². The molecule has 0 aliphatic carbocycles. The Kier molecular flexibility index (Phi) is 6.57. The molecule has 2 aromatic carbocycles. The lowest BCUT2D eigenvalue weighted by Gasteiger charge is -2.15. The SMILES string of the molecule is COc1ccc(CCC(=O)NC(C)c2ccc(C(C)C)cc2)cc1F. The van der Waals surface area contributed by atoms with Crippen LogP contribution in [0, 0.1) is 5.82 Å². The number of carbonyl (C=O) groups is 1. The highest BCUT2D eigenvalue weighted by Crippen LogP contribution is 2.20. The molecular formula is C21H26FNO2. The molecule has 0 heterocycles. The van der Waals surface area contributed by atoms with Crippen molar-refractivity contribution in [2.24, 2.45) is 0 Å². The van der Waals surface area contributed by atoms with Gasteiger partial charge in [-0.15, -0.1) is 0 Å². The molecule has 1 amide bonds. The number of hydrogen-bond acceptors (Lipinski definition) is 2. The van der Waals surface area contributed by atoms with Gasteiger partial charge in [0, 0.05) is 6.42 Å². The Labute approximate surface area is 149 Å². The van der Waals surface area contributed by atoms with Gasteiger partial charge in [0.25, 0.3) is 0 Å². The number of amides is 1. The predicted molar refractivity (Wildman–Crippen MR) is 98.4 cm³/mol. The third-order valence-corrected chi connectivity index (χ3v) is 4.34. The summed E-state index contributed by atoms with van der Waals surface area (Å²) in [4.78, 5) is 12.2. The lowest BCUT2D eigenvalue weighted by Crippen LogP contribution is -2.26. The largest absolute Gasteiger partial charge is 0.494 e. The summed E-state index contributed by atoms with van der Waals surface area (Å²) in [5, 5.41) is 2.99. The lowest BCUT2D eigenvalue weighted by atomic mass is 9.99. The van der Waals surface area contributed by atoms with Crippen molar-refractivity contribution in [1.29, 1.82) is 0 Å². The van der Waals surface area contributed by atoms with Gasteiger partial charge in [-0.05, 0) is 48.1 Å². The van der Waals surface area contributed by atoms with Crippen LogP contribution in [0.4, 0.5) is 4.39 Å². The number of carbonyl (C=O) groups excluding carboxylic acids is 1. The van der Waals surface area contributed by atoms with Crippen LogP contribution < -0.4 is 10.1 Å². The number of halogens is 1. The van der Waals surface area contributed by atoms with E-state index < -0.39 is 5.82 Å². The Hall–Kier alpha value is -2.36. The Morgan fingerprint density at radius 2 is 1.72 bits per heavy atom. The number of benzene rings is 2. The molecule has 0 aliphatic heterocycles. The third-order valence-electron chi connectivity index (χ3n) is 4.34. The molecule has 0 fully saturated rings. The van der Waals surface area contributed by atoms with Crippen LogP contribution >= 0.6 is 0 Å². The summed E-state index contributed by atoms with van der Waals surface area (Å²) in [6.45, 7) is 6.28. The molecule has 2 aromatic rings. The Balaban J connectivity index is 1.88. The van der Waals surface area contributed by atoms with E-state index >= 15 is 0 Å². The van der Waals surface area contributed by atoms with E-state index in [1.54, 1.807) is 12.1 Å². The van der Waals surface area contributed by atoms with Gasteiger partial charge in [-0.2, -0.15) is 0 Å². The molecule has 3 nitrogen and oxygen atoms in total. The van der Waals surface area contributed by atoms with Gasteiger partial charge in [0.05, 0.1) is 13.2 Å². The minimum Gasteiger partial charge on any atom is -0.494 e. The third kappa shape index (κ3) is 5.31. The molecule has 1 N–H and O–H groups in total. The quantitative estimate of drug-likeness (QED) is 0.786. The lowest BCUT2D eigenvalue weighted by molar-refractivity contribution is -0.121. The van der Waals surface area contributed by atoms with Gasteiger partial charge >= 0.3 is 0 Å². The smallest absolute Gasteiger partial charge is 0.220 e. The van der Waals surface area contributed by atoms with Crippen molar-refractivity contribution in [3.05, 3.63) is 65.0 Å². The zero-order valence-electron chi connectivity index (χ0n) is 15.3. The maximum Gasteiger partial charge on any atom is 0.220 e. The first kappa shape index (κ1) is 19.0.